The number of para-hydroxylation sites is 1. The number of benzene rings is 1. The molecule has 0 radical (unpaired) electrons. The molecule has 112 valence electrons. The average Bonchev–Trinajstić information content (AvgIpc) is 2.54. The minimum Gasteiger partial charge on any atom is -0.491 e. The Morgan fingerprint density at radius 3 is 2.71 bits per heavy atom. The van der Waals surface area contributed by atoms with Crippen molar-refractivity contribution in [3.05, 3.63) is 59.9 Å². The lowest BCUT2D eigenvalue weighted by Crippen LogP contribution is -2.23. The van der Waals surface area contributed by atoms with Crippen LogP contribution in [0, 0.1) is 0 Å². The number of hydrogen-bond acceptors (Lipinski definition) is 4. The molecule has 1 aromatic heterocycles. The van der Waals surface area contributed by atoms with Crippen molar-refractivity contribution in [2.45, 2.75) is 13.0 Å². The fraction of sp³-hybridized carbons (Fsp3) is 0.353. The highest BCUT2D eigenvalue weighted by Gasteiger charge is 2.17. The van der Waals surface area contributed by atoms with Gasteiger partial charge in [0.15, 0.2) is 0 Å². The highest BCUT2D eigenvalue weighted by molar-refractivity contribution is 5.41. The quantitative estimate of drug-likeness (QED) is 0.758. The fourth-order valence-corrected chi connectivity index (χ4v) is 2.24. The van der Waals surface area contributed by atoms with Gasteiger partial charge < -0.3 is 14.8 Å². The molecular formula is C17H22N2O2. The largest absolute Gasteiger partial charge is 0.491 e. The predicted molar refractivity (Wildman–Crippen MR) is 83.6 cm³/mol. The molecule has 4 nitrogen and oxygen atoms in total. The summed E-state index contributed by atoms with van der Waals surface area (Å²) >= 11 is 0. The maximum absolute atomic E-state index is 5.84. The molecule has 0 aliphatic carbocycles. The number of methoxy groups -OCH3 is 1. The summed E-state index contributed by atoms with van der Waals surface area (Å²) in [5.41, 5.74) is 2.24. The summed E-state index contributed by atoms with van der Waals surface area (Å²) in [6.45, 7) is 4.08. The molecule has 2 aromatic rings. The predicted octanol–water partition coefficient (Wildman–Crippen LogP) is 2.81. The summed E-state index contributed by atoms with van der Waals surface area (Å²) in [4.78, 5) is 4.22. The van der Waals surface area contributed by atoms with Crippen LogP contribution in [-0.4, -0.2) is 31.9 Å². The maximum atomic E-state index is 5.84. The van der Waals surface area contributed by atoms with E-state index in [1.54, 1.807) is 13.3 Å². The third kappa shape index (κ3) is 4.28. The molecule has 4 heteroatoms. The van der Waals surface area contributed by atoms with Gasteiger partial charge in [-0.3, -0.25) is 4.98 Å². The van der Waals surface area contributed by atoms with E-state index in [-0.39, 0.29) is 6.04 Å². The van der Waals surface area contributed by atoms with Crippen molar-refractivity contribution in [2.24, 2.45) is 0 Å². The third-order valence-corrected chi connectivity index (χ3v) is 3.20. The summed E-state index contributed by atoms with van der Waals surface area (Å²) in [5, 5.41) is 3.49. The molecule has 21 heavy (non-hydrogen) atoms. The molecule has 0 spiro atoms. The first kappa shape index (κ1) is 15.5. The number of nitrogens with one attached hydrogen (secondary N) is 1. The summed E-state index contributed by atoms with van der Waals surface area (Å²) in [6.07, 6.45) is 3.67. The lowest BCUT2D eigenvalue weighted by Gasteiger charge is -2.21. The molecule has 1 unspecified atom stereocenters. The molecule has 0 amide bonds. The van der Waals surface area contributed by atoms with Gasteiger partial charge in [-0.05, 0) is 24.2 Å². The average molecular weight is 286 g/mol. The first-order valence-corrected chi connectivity index (χ1v) is 7.20. The van der Waals surface area contributed by atoms with Gasteiger partial charge in [-0.15, -0.1) is 0 Å². The molecule has 0 fully saturated rings. The van der Waals surface area contributed by atoms with Gasteiger partial charge in [0.1, 0.15) is 12.4 Å². The second-order valence-corrected chi connectivity index (χ2v) is 4.66. The van der Waals surface area contributed by atoms with Gasteiger partial charge in [-0.2, -0.15) is 0 Å². The summed E-state index contributed by atoms with van der Waals surface area (Å²) in [5.74, 6) is 0.879. The van der Waals surface area contributed by atoms with Crippen LogP contribution in [0.25, 0.3) is 0 Å². The van der Waals surface area contributed by atoms with E-state index >= 15 is 0 Å². The molecule has 0 aliphatic rings. The standard InChI is InChI=1S/C17H22N2O2/c1-3-19-17(14-7-6-10-18-13-14)15-8-4-5-9-16(15)21-12-11-20-2/h4-10,13,17,19H,3,11-12H2,1-2H3. The Kier molecular flexibility index (Phi) is 6.19. The monoisotopic (exact) mass is 286 g/mol. The molecule has 0 aliphatic heterocycles. The van der Waals surface area contributed by atoms with Crippen molar-refractivity contribution in [1.82, 2.24) is 10.3 Å². The van der Waals surface area contributed by atoms with Crippen LogP contribution >= 0.6 is 0 Å². The summed E-state index contributed by atoms with van der Waals surface area (Å²) < 4.78 is 10.9. The zero-order chi connectivity index (χ0) is 14.9. The zero-order valence-electron chi connectivity index (χ0n) is 12.6. The molecule has 1 aromatic carbocycles. The Hall–Kier alpha value is -1.91. The van der Waals surface area contributed by atoms with Crippen molar-refractivity contribution in [2.75, 3.05) is 26.9 Å². The number of ether oxygens (including phenoxy) is 2. The molecular weight excluding hydrogens is 264 g/mol. The van der Waals surface area contributed by atoms with Crippen molar-refractivity contribution in [3.8, 4) is 5.75 Å². The van der Waals surface area contributed by atoms with Crippen LogP contribution in [0.1, 0.15) is 24.1 Å². The van der Waals surface area contributed by atoms with E-state index in [9.17, 15) is 0 Å². The Bertz CT molecular complexity index is 531. The van der Waals surface area contributed by atoms with Crippen LogP contribution in [0.2, 0.25) is 0 Å². The number of nitrogens with zero attached hydrogens (tertiary/aromatic N) is 1. The van der Waals surface area contributed by atoms with Crippen LogP contribution in [0.5, 0.6) is 5.75 Å². The second kappa shape index (κ2) is 8.39. The highest BCUT2D eigenvalue weighted by atomic mass is 16.5. The van der Waals surface area contributed by atoms with Gasteiger partial charge >= 0.3 is 0 Å². The minimum atomic E-state index is 0.0717. The smallest absolute Gasteiger partial charge is 0.124 e. The van der Waals surface area contributed by atoms with Gasteiger partial charge in [0.2, 0.25) is 0 Å². The molecule has 0 saturated carbocycles. The maximum Gasteiger partial charge on any atom is 0.124 e. The van der Waals surface area contributed by atoms with E-state index in [0.29, 0.717) is 13.2 Å². The molecule has 1 heterocycles. The second-order valence-electron chi connectivity index (χ2n) is 4.66. The van der Waals surface area contributed by atoms with Crippen LogP contribution in [0.15, 0.2) is 48.8 Å². The Morgan fingerprint density at radius 2 is 2.00 bits per heavy atom. The number of pyridine rings is 1. The van der Waals surface area contributed by atoms with Crippen LogP contribution < -0.4 is 10.1 Å². The zero-order valence-corrected chi connectivity index (χ0v) is 12.6. The van der Waals surface area contributed by atoms with E-state index in [4.69, 9.17) is 9.47 Å². The molecule has 1 N–H and O–H groups in total. The Balaban J connectivity index is 2.27. The molecule has 1 atom stereocenters. The lowest BCUT2D eigenvalue weighted by atomic mass is 9.99. The van der Waals surface area contributed by atoms with Gasteiger partial charge in [-0.25, -0.2) is 0 Å². The summed E-state index contributed by atoms with van der Waals surface area (Å²) in [6, 6.07) is 12.2. The van der Waals surface area contributed by atoms with E-state index in [1.807, 2.05) is 30.5 Å². The lowest BCUT2D eigenvalue weighted by molar-refractivity contribution is 0.145. The van der Waals surface area contributed by atoms with Crippen molar-refractivity contribution < 1.29 is 9.47 Å². The van der Waals surface area contributed by atoms with Gasteiger partial charge in [-0.1, -0.05) is 31.2 Å². The minimum absolute atomic E-state index is 0.0717. The fourth-order valence-electron chi connectivity index (χ4n) is 2.24. The Labute approximate surface area is 126 Å². The van der Waals surface area contributed by atoms with E-state index in [1.165, 1.54) is 0 Å². The van der Waals surface area contributed by atoms with Gasteiger partial charge in [0.25, 0.3) is 0 Å². The molecule has 0 saturated heterocycles. The first-order valence-electron chi connectivity index (χ1n) is 7.20. The van der Waals surface area contributed by atoms with Crippen LogP contribution in [0.4, 0.5) is 0 Å². The number of aromatic nitrogens is 1. The van der Waals surface area contributed by atoms with Crippen molar-refractivity contribution in [3.63, 3.8) is 0 Å². The highest BCUT2D eigenvalue weighted by Crippen LogP contribution is 2.29. The van der Waals surface area contributed by atoms with Crippen molar-refractivity contribution >= 4 is 0 Å². The van der Waals surface area contributed by atoms with Crippen molar-refractivity contribution in [1.29, 1.82) is 0 Å². The normalized spacial score (nSPS) is 12.1. The first-order chi connectivity index (χ1) is 10.4. The van der Waals surface area contributed by atoms with Gasteiger partial charge in [0.05, 0.1) is 12.6 Å². The van der Waals surface area contributed by atoms with Crippen LogP contribution in [0.3, 0.4) is 0 Å². The molecule has 0 bridgehead atoms. The van der Waals surface area contributed by atoms with E-state index in [2.05, 4.69) is 29.4 Å². The van der Waals surface area contributed by atoms with E-state index < -0.39 is 0 Å². The van der Waals surface area contributed by atoms with E-state index in [0.717, 1.165) is 23.4 Å². The number of rotatable bonds is 8. The SMILES string of the molecule is CCNC(c1cccnc1)c1ccccc1OCCOC. The van der Waals surface area contributed by atoms with Crippen LogP contribution in [-0.2, 0) is 4.74 Å². The molecule has 2 rings (SSSR count). The summed E-state index contributed by atoms with van der Waals surface area (Å²) in [7, 11) is 1.67. The Morgan fingerprint density at radius 1 is 1.14 bits per heavy atom. The third-order valence-electron chi connectivity index (χ3n) is 3.20. The topological polar surface area (TPSA) is 43.4 Å². The van der Waals surface area contributed by atoms with Gasteiger partial charge in [0, 0.05) is 25.1 Å². The number of hydrogen-bond donors (Lipinski definition) is 1.